The first-order valence-corrected chi connectivity index (χ1v) is 13.2. The van der Waals surface area contributed by atoms with Crippen molar-refractivity contribution in [1.82, 2.24) is 0 Å². The number of alkyl halides is 3. The van der Waals surface area contributed by atoms with Crippen LogP contribution in [0.3, 0.4) is 0 Å². The molecule has 0 bridgehead atoms. The van der Waals surface area contributed by atoms with Gasteiger partial charge in [0.25, 0.3) is 10.0 Å². The molecule has 208 valence electrons. The van der Waals surface area contributed by atoms with Crippen molar-refractivity contribution in [3.8, 4) is 16.9 Å². The fourth-order valence-electron chi connectivity index (χ4n) is 4.20. The van der Waals surface area contributed by atoms with Gasteiger partial charge in [-0.05, 0) is 61.9 Å². The Morgan fingerprint density at radius 1 is 1.10 bits per heavy atom. The van der Waals surface area contributed by atoms with Gasteiger partial charge in [0.15, 0.2) is 0 Å². The molecule has 0 unspecified atom stereocenters. The fraction of sp³-hybridized carbons (Fsp3) is 0.269. The van der Waals surface area contributed by atoms with E-state index in [0.29, 0.717) is 6.07 Å². The summed E-state index contributed by atoms with van der Waals surface area (Å²) in [5, 5.41) is 9.03. The molecule has 3 aromatic rings. The lowest BCUT2D eigenvalue weighted by Crippen LogP contribution is -2.46. The number of halogens is 6. The van der Waals surface area contributed by atoms with E-state index in [9.17, 15) is 40.3 Å². The fourth-order valence-corrected chi connectivity index (χ4v) is 5.95. The van der Waals surface area contributed by atoms with Crippen molar-refractivity contribution < 1.29 is 45.0 Å². The van der Waals surface area contributed by atoms with E-state index in [-0.39, 0.29) is 29.0 Å². The Bertz CT molecular complexity index is 1560. The Morgan fingerprint density at radius 3 is 2.44 bits per heavy atom. The van der Waals surface area contributed by atoms with Gasteiger partial charge in [0, 0.05) is 12.0 Å². The third-order valence-electron chi connectivity index (χ3n) is 6.26. The topological polar surface area (TPSA) is 83.9 Å². The number of hydrogen-bond acceptors (Lipinski definition) is 4. The number of rotatable bonds is 6. The number of nitrogens with zero attached hydrogens (tertiary/aromatic N) is 1. The number of carbonyl (C=O) groups is 1. The Kier molecular flexibility index (Phi) is 7.32. The molecule has 1 N–H and O–H groups in total. The first-order valence-electron chi connectivity index (χ1n) is 11.4. The molecule has 1 atom stereocenters. The lowest BCUT2D eigenvalue weighted by atomic mass is 9.86. The second kappa shape index (κ2) is 9.98. The number of sulfonamides is 1. The minimum atomic E-state index is -4.82. The van der Waals surface area contributed by atoms with Gasteiger partial charge in [-0.15, -0.1) is 0 Å². The predicted octanol–water partition coefficient (Wildman–Crippen LogP) is 6.76. The number of fused-ring (bicyclic) bond motifs is 1. The molecule has 1 aliphatic heterocycles. The highest BCUT2D eigenvalue weighted by atomic mass is 35.5. The molecular weight excluding hydrogens is 569 g/mol. The van der Waals surface area contributed by atoms with Crippen molar-refractivity contribution in [2.45, 2.75) is 37.4 Å². The molecule has 4 rings (SSSR count). The highest BCUT2D eigenvalue weighted by molar-refractivity contribution is 7.92. The maximum absolute atomic E-state index is 14.8. The van der Waals surface area contributed by atoms with Crippen molar-refractivity contribution in [3.05, 3.63) is 76.8 Å². The van der Waals surface area contributed by atoms with Crippen molar-refractivity contribution in [3.63, 3.8) is 0 Å². The lowest BCUT2D eigenvalue weighted by molar-refractivity contribution is -0.148. The van der Waals surface area contributed by atoms with Crippen LogP contribution in [-0.2, 0) is 21.0 Å². The van der Waals surface area contributed by atoms with Gasteiger partial charge in [-0.2, -0.15) is 13.2 Å². The smallest absolute Gasteiger partial charge is 0.416 e. The quantitative estimate of drug-likeness (QED) is 0.254. The summed E-state index contributed by atoms with van der Waals surface area (Å²) in [7, 11) is -4.68. The van der Waals surface area contributed by atoms with E-state index in [1.807, 2.05) is 0 Å². The van der Waals surface area contributed by atoms with Crippen LogP contribution in [0.4, 0.5) is 27.6 Å². The molecule has 0 aliphatic carbocycles. The van der Waals surface area contributed by atoms with Gasteiger partial charge in [-0.3, -0.25) is 9.10 Å². The highest BCUT2D eigenvalue weighted by Crippen LogP contribution is 2.43. The Labute approximate surface area is 225 Å². The zero-order valence-electron chi connectivity index (χ0n) is 20.4. The van der Waals surface area contributed by atoms with Crippen LogP contribution in [-0.4, -0.2) is 32.1 Å². The average Bonchev–Trinajstić information content (AvgIpc) is 2.84. The monoisotopic (exact) mass is 589 g/mol. The van der Waals surface area contributed by atoms with Crippen LogP contribution >= 0.6 is 11.6 Å². The van der Waals surface area contributed by atoms with E-state index in [2.05, 4.69) is 0 Å². The van der Waals surface area contributed by atoms with E-state index in [0.717, 1.165) is 34.6 Å². The predicted molar refractivity (Wildman–Crippen MR) is 133 cm³/mol. The van der Waals surface area contributed by atoms with Gasteiger partial charge in [0.05, 0.1) is 33.1 Å². The minimum Gasteiger partial charge on any atom is -0.486 e. The van der Waals surface area contributed by atoms with E-state index in [1.165, 1.54) is 32.0 Å². The molecular formula is C26H21ClF5NO5S. The molecule has 0 spiro atoms. The summed E-state index contributed by atoms with van der Waals surface area (Å²) in [5.41, 5.74) is -2.95. The third kappa shape index (κ3) is 5.67. The number of ether oxygens (including phenoxy) is 1. The molecule has 0 radical (unpaired) electrons. The van der Waals surface area contributed by atoms with Crippen molar-refractivity contribution in [1.29, 1.82) is 0 Å². The van der Waals surface area contributed by atoms with E-state index < -0.39 is 67.3 Å². The van der Waals surface area contributed by atoms with Gasteiger partial charge >= 0.3 is 12.1 Å². The maximum Gasteiger partial charge on any atom is 0.416 e. The molecule has 39 heavy (non-hydrogen) atoms. The second-order valence-corrected chi connectivity index (χ2v) is 11.9. The first-order chi connectivity index (χ1) is 18.0. The second-order valence-electron chi connectivity index (χ2n) is 9.63. The van der Waals surface area contributed by atoms with Crippen LogP contribution in [0.15, 0.2) is 59.5 Å². The summed E-state index contributed by atoms with van der Waals surface area (Å²) >= 11 is 5.77. The molecule has 3 aromatic carbocycles. The Morgan fingerprint density at radius 2 is 1.79 bits per heavy atom. The van der Waals surface area contributed by atoms with Gasteiger partial charge in [0.2, 0.25) is 0 Å². The molecule has 1 heterocycles. The van der Waals surface area contributed by atoms with Gasteiger partial charge < -0.3 is 9.84 Å². The van der Waals surface area contributed by atoms with Crippen LogP contribution in [0.1, 0.15) is 25.8 Å². The van der Waals surface area contributed by atoms with E-state index in [1.54, 1.807) is 0 Å². The Balaban J connectivity index is 1.87. The number of carboxylic acids is 1. The van der Waals surface area contributed by atoms with Crippen LogP contribution in [0.25, 0.3) is 11.1 Å². The van der Waals surface area contributed by atoms with Crippen molar-refractivity contribution >= 4 is 33.3 Å². The molecule has 0 aromatic heterocycles. The Hall–Kier alpha value is -3.38. The summed E-state index contributed by atoms with van der Waals surface area (Å²) in [5.74, 6) is -3.04. The van der Waals surface area contributed by atoms with Crippen LogP contribution in [0, 0.1) is 17.0 Å². The number of hydrogen-bond donors (Lipinski definition) is 1. The maximum atomic E-state index is 14.8. The molecule has 6 nitrogen and oxygen atoms in total. The van der Waals surface area contributed by atoms with E-state index >= 15 is 0 Å². The summed E-state index contributed by atoms with van der Waals surface area (Å²) in [6, 6.07) is 8.57. The molecule has 0 saturated carbocycles. The largest absolute Gasteiger partial charge is 0.486 e. The number of anilines is 1. The van der Waals surface area contributed by atoms with Gasteiger partial charge in [-0.25, -0.2) is 17.2 Å². The van der Waals surface area contributed by atoms with Crippen molar-refractivity contribution in [2.75, 3.05) is 10.8 Å². The molecule has 0 fully saturated rings. The molecule has 13 heteroatoms. The van der Waals surface area contributed by atoms with E-state index in [4.69, 9.17) is 16.3 Å². The van der Waals surface area contributed by atoms with Gasteiger partial charge in [-0.1, -0.05) is 23.7 Å². The number of carboxylic acid groups (broad SMARTS) is 1. The highest BCUT2D eigenvalue weighted by Gasteiger charge is 2.40. The zero-order valence-corrected chi connectivity index (χ0v) is 22.0. The van der Waals surface area contributed by atoms with Crippen LogP contribution in [0.5, 0.6) is 5.75 Å². The summed E-state index contributed by atoms with van der Waals surface area (Å²) < 4.78 is 103. The zero-order chi connectivity index (χ0) is 28.9. The molecule has 1 aliphatic rings. The van der Waals surface area contributed by atoms with Crippen LogP contribution < -0.4 is 9.04 Å². The molecule has 0 saturated heterocycles. The van der Waals surface area contributed by atoms with Gasteiger partial charge in [0.1, 0.15) is 23.5 Å². The number of aliphatic carboxylic acids is 1. The third-order valence-corrected chi connectivity index (χ3v) is 8.31. The normalized spacial score (nSPS) is 16.0. The number of benzene rings is 3. The molecule has 0 amide bonds. The van der Waals surface area contributed by atoms with Crippen LogP contribution in [0.2, 0.25) is 5.02 Å². The summed E-state index contributed by atoms with van der Waals surface area (Å²) in [6.45, 7) is 2.37. The average molecular weight is 590 g/mol. The van der Waals surface area contributed by atoms with Crippen molar-refractivity contribution in [2.24, 2.45) is 5.41 Å². The standard InChI is InChI=1S/C26H21ClF5NO5S/c1-25(2,24(34)35)12-17-13-33(39(36,37)18-5-3-4-15(9-18)26(30,31)32)21-8-14(6-7-22(21)38-17)19-10-16(28)11-20(27)23(19)29/h3-11,17H,12-13H2,1-2H3,(H,34,35)/t17-/m0/s1. The SMILES string of the molecule is CC(C)(C[C@H]1CN(S(=O)(=O)c2cccc(C(F)(F)F)c2)c2cc(-c3cc(F)cc(Cl)c3F)ccc2O1)C(=O)O. The first kappa shape index (κ1) is 28.6. The minimum absolute atomic E-state index is 0.0183. The lowest BCUT2D eigenvalue weighted by Gasteiger charge is -2.38. The summed E-state index contributed by atoms with van der Waals surface area (Å²) in [6.07, 6.45) is -5.97. The summed E-state index contributed by atoms with van der Waals surface area (Å²) in [4.78, 5) is 11.0.